The first-order chi connectivity index (χ1) is 22.1. The van der Waals surface area contributed by atoms with Crippen LogP contribution >= 0.6 is 0 Å². The molecule has 9 atom stereocenters. The minimum Gasteiger partial charge on any atom is -0.462 e. The largest absolute Gasteiger partial charge is 0.462 e. The van der Waals surface area contributed by atoms with Crippen molar-refractivity contribution in [2.75, 3.05) is 0 Å². The Labute approximate surface area is 286 Å². The highest BCUT2D eigenvalue weighted by molar-refractivity contribution is 5.69. The second-order valence-corrected chi connectivity index (χ2v) is 17.7. The summed E-state index contributed by atoms with van der Waals surface area (Å²) in [6.07, 6.45) is 36.1. The summed E-state index contributed by atoms with van der Waals surface area (Å²) in [6.45, 7) is 17.1. The van der Waals surface area contributed by atoms with Crippen LogP contribution in [-0.4, -0.2) is 12.1 Å². The highest BCUT2D eigenvalue weighted by Crippen LogP contribution is 2.67. The molecule has 264 valence electrons. The highest BCUT2D eigenvalue weighted by Gasteiger charge is 2.58. The van der Waals surface area contributed by atoms with Gasteiger partial charge in [0, 0.05) is 6.42 Å². The van der Waals surface area contributed by atoms with Crippen molar-refractivity contribution in [1.82, 2.24) is 0 Å². The minimum atomic E-state index is 0.0695. The SMILES string of the molecule is CCCCCCCCCCCCCCCC(=O)OC1CC[C@@]2(C)C(CC=C3C2CC[C@@]2(C)C3CC[C@@H]2[C@H](C)C=C[C@H](C)C(C)C)C1. The Balaban J connectivity index is 1.16. The van der Waals surface area contributed by atoms with E-state index in [0.717, 1.165) is 42.9 Å². The smallest absolute Gasteiger partial charge is 0.306 e. The summed E-state index contributed by atoms with van der Waals surface area (Å²) in [4.78, 5) is 12.8. The van der Waals surface area contributed by atoms with Crippen molar-refractivity contribution >= 4 is 5.97 Å². The van der Waals surface area contributed by atoms with Crippen LogP contribution in [0.4, 0.5) is 0 Å². The summed E-state index contributed by atoms with van der Waals surface area (Å²) in [5.74, 6) is 5.13. The highest BCUT2D eigenvalue weighted by atomic mass is 16.5. The van der Waals surface area contributed by atoms with Crippen LogP contribution in [0, 0.1) is 52.3 Å². The van der Waals surface area contributed by atoms with Crippen molar-refractivity contribution in [2.24, 2.45) is 52.3 Å². The third kappa shape index (κ3) is 9.55. The zero-order valence-electron chi connectivity index (χ0n) is 31.7. The van der Waals surface area contributed by atoms with E-state index < -0.39 is 0 Å². The lowest BCUT2D eigenvalue weighted by Crippen LogP contribution is -2.50. The number of ether oxygens (including phenoxy) is 1. The second-order valence-electron chi connectivity index (χ2n) is 17.7. The number of unbranched alkanes of at least 4 members (excludes halogenated alkanes) is 12. The molecule has 0 amide bonds. The van der Waals surface area contributed by atoms with Gasteiger partial charge in [-0.25, -0.2) is 0 Å². The molecule has 2 nitrogen and oxygen atoms in total. The van der Waals surface area contributed by atoms with E-state index in [4.69, 9.17) is 4.74 Å². The van der Waals surface area contributed by atoms with Crippen molar-refractivity contribution in [1.29, 1.82) is 0 Å². The van der Waals surface area contributed by atoms with Gasteiger partial charge >= 0.3 is 5.97 Å². The molecule has 4 aliphatic carbocycles. The molecule has 3 saturated carbocycles. The average Bonchev–Trinajstić information content (AvgIpc) is 3.39. The van der Waals surface area contributed by atoms with Crippen LogP contribution in [0.3, 0.4) is 0 Å². The Morgan fingerprint density at radius 3 is 2.00 bits per heavy atom. The molecule has 4 rings (SSSR count). The maximum atomic E-state index is 12.8. The molecule has 0 aromatic carbocycles. The van der Waals surface area contributed by atoms with Gasteiger partial charge in [0.25, 0.3) is 0 Å². The lowest BCUT2D eigenvalue weighted by molar-refractivity contribution is -0.155. The topological polar surface area (TPSA) is 26.3 Å². The molecule has 0 heterocycles. The maximum Gasteiger partial charge on any atom is 0.306 e. The van der Waals surface area contributed by atoms with E-state index in [0.29, 0.717) is 35.0 Å². The van der Waals surface area contributed by atoms with Gasteiger partial charge in [-0.3, -0.25) is 4.79 Å². The third-order valence-electron chi connectivity index (χ3n) is 14.3. The molecule has 4 unspecified atom stereocenters. The van der Waals surface area contributed by atoms with Gasteiger partial charge < -0.3 is 4.74 Å². The first-order valence-corrected chi connectivity index (χ1v) is 20.7. The molecule has 0 saturated heterocycles. The molecular weight excluding hydrogens is 560 g/mol. The van der Waals surface area contributed by atoms with Crippen LogP contribution in [0.25, 0.3) is 0 Å². The van der Waals surface area contributed by atoms with E-state index in [1.807, 2.05) is 5.57 Å². The van der Waals surface area contributed by atoms with Crippen molar-refractivity contribution in [2.45, 2.75) is 196 Å². The van der Waals surface area contributed by atoms with Gasteiger partial charge in [-0.1, -0.05) is 149 Å². The minimum absolute atomic E-state index is 0.0695. The predicted molar refractivity (Wildman–Crippen MR) is 198 cm³/mol. The van der Waals surface area contributed by atoms with E-state index in [1.54, 1.807) is 0 Å². The lowest BCUT2D eigenvalue weighted by atomic mass is 9.47. The first kappa shape index (κ1) is 37.8. The second kappa shape index (κ2) is 18.1. The summed E-state index contributed by atoms with van der Waals surface area (Å²) in [7, 11) is 0. The molecule has 4 aliphatic rings. The lowest BCUT2D eigenvalue weighted by Gasteiger charge is -2.58. The van der Waals surface area contributed by atoms with Crippen molar-refractivity contribution in [3.63, 3.8) is 0 Å². The number of hydrogen-bond donors (Lipinski definition) is 0. The Morgan fingerprint density at radius 2 is 1.37 bits per heavy atom. The normalized spacial score (nSPS) is 33.7. The molecule has 0 aromatic rings. The molecule has 46 heavy (non-hydrogen) atoms. The quantitative estimate of drug-likeness (QED) is 0.0801. The fourth-order valence-electron chi connectivity index (χ4n) is 10.7. The van der Waals surface area contributed by atoms with Crippen LogP contribution in [0.2, 0.25) is 0 Å². The molecule has 3 fully saturated rings. The van der Waals surface area contributed by atoms with E-state index in [-0.39, 0.29) is 12.1 Å². The van der Waals surface area contributed by atoms with Crippen molar-refractivity contribution in [3.05, 3.63) is 23.8 Å². The maximum absolute atomic E-state index is 12.8. The van der Waals surface area contributed by atoms with Gasteiger partial charge in [0.05, 0.1) is 0 Å². The van der Waals surface area contributed by atoms with Crippen molar-refractivity contribution < 1.29 is 9.53 Å². The molecule has 0 aliphatic heterocycles. The summed E-state index contributed by atoms with van der Waals surface area (Å²) >= 11 is 0. The van der Waals surface area contributed by atoms with Gasteiger partial charge in [-0.15, -0.1) is 0 Å². The number of carbonyl (C=O) groups excluding carboxylic acids is 1. The van der Waals surface area contributed by atoms with Crippen LogP contribution < -0.4 is 0 Å². The number of rotatable bonds is 19. The first-order valence-electron chi connectivity index (χ1n) is 20.7. The van der Waals surface area contributed by atoms with Crippen LogP contribution in [0.1, 0.15) is 190 Å². The van der Waals surface area contributed by atoms with E-state index >= 15 is 0 Å². The van der Waals surface area contributed by atoms with Crippen molar-refractivity contribution in [3.8, 4) is 0 Å². The summed E-state index contributed by atoms with van der Waals surface area (Å²) in [5, 5.41) is 0. The molecule has 2 heteroatoms. The molecule has 0 radical (unpaired) electrons. The Kier molecular flexibility index (Phi) is 14.8. The van der Waals surface area contributed by atoms with E-state index in [2.05, 4.69) is 66.7 Å². The molecule has 0 bridgehead atoms. The van der Waals surface area contributed by atoms with E-state index in [9.17, 15) is 4.79 Å². The van der Waals surface area contributed by atoms with Gasteiger partial charge in [0.15, 0.2) is 0 Å². The Bertz CT molecular complexity index is 976. The van der Waals surface area contributed by atoms with Crippen LogP contribution in [0.15, 0.2) is 23.8 Å². The summed E-state index contributed by atoms with van der Waals surface area (Å²) in [6, 6.07) is 0. The number of allylic oxidation sites excluding steroid dienone is 4. The fraction of sp³-hybridized carbons (Fsp3) is 0.886. The zero-order chi connectivity index (χ0) is 33.2. The zero-order valence-corrected chi connectivity index (χ0v) is 31.7. The van der Waals surface area contributed by atoms with Gasteiger partial charge in [0.1, 0.15) is 6.10 Å². The molecular formula is C44H76O2. The van der Waals surface area contributed by atoms with Gasteiger partial charge in [0.2, 0.25) is 0 Å². The summed E-state index contributed by atoms with van der Waals surface area (Å²) < 4.78 is 6.14. The predicted octanol–water partition coefficient (Wildman–Crippen LogP) is 13.4. The van der Waals surface area contributed by atoms with E-state index in [1.165, 1.54) is 116 Å². The van der Waals surface area contributed by atoms with Gasteiger partial charge in [-0.05, 0) is 110 Å². The third-order valence-corrected chi connectivity index (χ3v) is 14.3. The number of esters is 1. The number of hydrogen-bond acceptors (Lipinski definition) is 2. The standard InChI is InChI=1S/C44H76O2/c1-8-9-10-11-12-13-14-15-16-17-18-19-20-21-42(45)46-37-28-30-43(6)36(32-37)24-25-38-40-27-26-39(44(40,7)31-29-41(38)43)35(5)23-22-34(4)33(2)3/h22-23,25,33-37,39-41H,8-21,24,26-32H2,1-7H3/t34-,35+,36?,37?,39+,40?,41?,43-,44+/m0/s1. The number of fused-ring (bicyclic) bond motifs is 5. The average molecular weight is 637 g/mol. The fourth-order valence-corrected chi connectivity index (χ4v) is 10.7. The molecule has 0 aromatic heterocycles. The van der Waals surface area contributed by atoms with Crippen LogP contribution in [-0.2, 0) is 9.53 Å². The monoisotopic (exact) mass is 637 g/mol. The molecule has 0 spiro atoms. The number of carbonyl (C=O) groups is 1. The summed E-state index contributed by atoms with van der Waals surface area (Å²) in [5.41, 5.74) is 2.69. The molecule has 0 N–H and O–H groups in total. The Hall–Kier alpha value is -1.05. The Morgan fingerprint density at radius 1 is 0.783 bits per heavy atom. The van der Waals surface area contributed by atoms with Gasteiger partial charge in [-0.2, -0.15) is 0 Å². The van der Waals surface area contributed by atoms with Crippen LogP contribution in [0.5, 0.6) is 0 Å².